The van der Waals surface area contributed by atoms with Crippen LogP contribution in [0, 0.1) is 11.7 Å². The summed E-state index contributed by atoms with van der Waals surface area (Å²) in [5.74, 6) is 1.46. The summed E-state index contributed by atoms with van der Waals surface area (Å²) < 4.78 is 13.1. The molecule has 0 saturated carbocycles. The molecule has 1 atom stereocenters. The lowest BCUT2D eigenvalue weighted by Crippen LogP contribution is -2.26. The number of nitrogens with zero attached hydrogens (tertiary/aromatic N) is 1. The van der Waals surface area contributed by atoms with Crippen molar-refractivity contribution < 1.29 is 4.39 Å². The second-order valence-electron chi connectivity index (χ2n) is 4.72. The number of imidazole rings is 1. The van der Waals surface area contributed by atoms with Gasteiger partial charge in [-0.2, -0.15) is 0 Å². The average molecular weight is 270 g/mol. The summed E-state index contributed by atoms with van der Waals surface area (Å²) in [7, 11) is 0. The van der Waals surface area contributed by atoms with E-state index >= 15 is 0 Å². The lowest BCUT2D eigenvalue weighted by Gasteiger charge is -2.20. The van der Waals surface area contributed by atoms with Crippen LogP contribution < -0.4 is 5.32 Å². The van der Waals surface area contributed by atoms with Crippen LogP contribution in [-0.2, 0) is 0 Å². The molecule has 2 rings (SSSR count). The van der Waals surface area contributed by atoms with Crippen molar-refractivity contribution in [2.75, 3.05) is 11.2 Å². The molecule has 18 heavy (non-hydrogen) atoms. The number of H-pyrrole nitrogens is 1. The van der Waals surface area contributed by atoms with Gasteiger partial charge in [0.1, 0.15) is 5.82 Å². The van der Waals surface area contributed by atoms with Crippen molar-refractivity contribution >= 4 is 28.6 Å². The van der Waals surface area contributed by atoms with Gasteiger partial charge >= 0.3 is 0 Å². The second-order valence-corrected chi connectivity index (χ2v) is 5.10. The molecule has 1 aromatic carbocycles. The minimum atomic E-state index is -0.265. The highest BCUT2D eigenvalue weighted by atomic mass is 35.5. The van der Waals surface area contributed by atoms with Crippen LogP contribution in [0.2, 0.25) is 0 Å². The largest absolute Gasteiger partial charge is 0.353 e. The molecule has 0 spiro atoms. The molecule has 0 radical (unpaired) electrons. The minimum Gasteiger partial charge on any atom is -0.353 e. The fraction of sp³-hybridized carbons (Fsp3) is 0.462. The van der Waals surface area contributed by atoms with E-state index in [1.807, 2.05) is 0 Å². The number of anilines is 1. The van der Waals surface area contributed by atoms with Gasteiger partial charge in [0, 0.05) is 11.9 Å². The minimum absolute atomic E-state index is 0.257. The highest BCUT2D eigenvalue weighted by molar-refractivity contribution is 6.17. The van der Waals surface area contributed by atoms with E-state index in [1.54, 1.807) is 6.07 Å². The molecule has 0 bridgehead atoms. The molecule has 0 aliphatic heterocycles. The first-order valence-corrected chi connectivity index (χ1v) is 6.61. The van der Waals surface area contributed by atoms with Crippen LogP contribution in [0.5, 0.6) is 0 Å². The van der Waals surface area contributed by atoms with Crippen LogP contribution in [0.3, 0.4) is 0 Å². The molecule has 1 heterocycles. The van der Waals surface area contributed by atoms with Crippen molar-refractivity contribution in [1.29, 1.82) is 0 Å². The maximum atomic E-state index is 13.1. The topological polar surface area (TPSA) is 40.7 Å². The lowest BCUT2D eigenvalue weighted by atomic mass is 10.0. The summed E-state index contributed by atoms with van der Waals surface area (Å²) in [4.78, 5) is 7.46. The lowest BCUT2D eigenvalue weighted by molar-refractivity contribution is 0.510. The Balaban J connectivity index is 2.20. The fourth-order valence-corrected chi connectivity index (χ4v) is 2.15. The summed E-state index contributed by atoms with van der Waals surface area (Å²) in [6, 6.07) is 4.77. The first kappa shape index (κ1) is 13.1. The Morgan fingerprint density at radius 2 is 2.22 bits per heavy atom. The van der Waals surface area contributed by atoms with E-state index in [2.05, 4.69) is 29.1 Å². The van der Waals surface area contributed by atoms with Crippen molar-refractivity contribution in [3.63, 3.8) is 0 Å². The van der Waals surface area contributed by atoms with E-state index in [9.17, 15) is 4.39 Å². The van der Waals surface area contributed by atoms with Gasteiger partial charge in [0.15, 0.2) is 0 Å². The summed E-state index contributed by atoms with van der Waals surface area (Å²) in [5.41, 5.74) is 1.46. The molecule has 98 valence electrons. The predicted octanol–water partition coefficient (Wildman–Crippen LogP) is 3.77. The van der Waals surface area contributed by atoms with Crippen molar-refractivity contribution in [3.8, 4) is 0 Å². The number of halogens is 2. The van der Waals surface area contributed by atoms with Gasteiger partial charge in [-0.1, -0.05) is 13.8 Å². The highest BCUT2D eigenvalue weighted by Crippen LogP contribution is 2.18. The number of hydrogen-bond donors (Lipinski definition) is 2. The molecule has 2 N–H and O–H groups in total. The predicted molar refractivity (Wildman–Crippen MR) is 73.6 cm³/mol. The highest BCUT2D eigenvalue weighted by Gasteiger charge is 2.14. The third-order valence-corrected chi connectivity index (χ3v) is 3.21. The summed E-state index contributed by atoms with van der Waals surface area (Å²) in [6.45, 7) is 4.26. The van der Waals surface area contributed by atoms with Crippen LogP contribution in [0.25, 0.3) is 11.0 Å². The molecule has 1 unspecified atom stereocenters. The van der Waals surface area contributed by atoms with Crippen molar-refractivity contribution in [3.05, 3.63) is 24.0 Å². The van der Waals surface area contributed by atoms with E-state index in [0.29, 0.717) is 23.3 Å². The third-order valence-electron chi connectivity index (χ3n) is 2.99. The van der Waals surface area contributed by atoms with Gasteiger partial charge in [-0.25, -0.2) is 9.37 Å². The van der Waals surface area contributed by atoms with E-state index in [1.165, 1.54) is 12.1 Å². The van der Waals surface area contributed by atoms with Gasteiger partial charge in [-0.3, -0.25) is 0 Å². The Hall–Kier alpha value is -1.29. The first-order valence-electron chi connectivity index (χ1n) is 6.08. The molecule has 0 saturated heterocycles. The van der Waals surface area contributed by atoms with Crippen LogP contribution in [-0.4, -0.2) is 21.9 Å². The molecular formula is C13H17ClFN3. The average Bonchev–Trinajstić information content (AvgIpc) is 2.69. The second kappa shape index (κ2) is 5.57. The molecule has 0 fully saturated rings. The maximum Gasteiger partial charge on any atom is 0.201 e. The monoisotopic (exact) mass is 269 g/mol. The zero-order chi connectivity index (χ0) is 13.1. The van der Waals surface area contributed by atoms with Gasteiger partial charge in [-0.15, -0.1) is 11.6 Å². The summed E-state index contributed by atoms with van der Waals surface area (Å²) >= 11 is 5.79. The molecule has 2 aromatic rings. The Morgan fingerprint density at radius 1 is 1.44 bits per heavy atom. The Labute approximate surface area is 111 Å². The molecular weight excluding hydrogens is 253 g/mol. The molecule has 0 aliphatic rings. The fourth-order valence-electron chi connectivity index (χ4n) is 1.92. The number of fused-ring (bicyclic) bond motifs is 1. The standard InChI is InChI=1S/C13H17ClFN3/c1-8(2)10(5-6-14)16-13-17-11-4-3-9(15)7-12(11)18-13/h3-4,7-8,10H,5-6H2,1-2H3,(H2,16,17,18). The van der Waals surface area contributed by atoms with Gasteiger partial charge in [0.05, 0.1) is 11.0 Å². The van der Waals surface area contributed by atoms with E-state index in [4.69, 9.17) is 11.6 Å². The smallest absolute Gasteiger partial charge is 0.201 e. The van der Waals surface area contributed by atoms with Gasteiger partial charge in [-0.05, 0) is 30.5 Å². The van der Waals surface area contributed by atoms with Crippen molar-refractivity contribution in [2.24, 2.45) is 5.92 Å². The van der Waals surface area contributed by atoms with E-state index in [0.717, 1.165) is 11.9 Å². The molecule has 0 aliphatic carbocycles. The number of nitrogens with one attached hydrogen (secondary N) is 2. The van der Waals surface area contributed by atoms with Crippen LogP contribution >= 0.6 is 11.6 Å². The number of aromatic amines is 1. The summed E-state index contributed by atoms with van der Waals surface area (Å²) in [6.07, 6.45) is 0.866. The van der Waals surface area contributed by atoms with E-state index in [-0.39, 0.29) is 11.9 Å². The number of rotatable bonds is 5. The van der Waals surface area contributed by atoms with E-state index < -0.39 is 0 Å². The number of aromatic nitrogens is 2. The molecule has 3 nitrogen and oxygen atoms in total. The first-order chi connectivity index (χ1) is 8.60. The normalized spacial score (nSPS) is 13.2. The SMILES string of the molecule is CC(C)C(CCCl)Nc1nc2ccc(F)cc2[nH]1. The number of hydrogen-bond acceptors (Lipinski definition) is 2. The summed E-state index contributed by atoms with van der Waals surface area (Å²) in [5, 5.41) is 3.31. The quantitative estimate of drug-likeness (QED) is 0.812. The van der Waals surface area contributed by atoms with Crippen LogP contribution in [0.4, 0.5) is 10.3 Å². The zero-order valence-electron chi connectivity index (χ0n) is 10.5. The molecule has 0 amide bonds. The van der Waals surface area contributed by atoms with Crippen molar-refractivity contribution in [1.82, 2.24) is 9.97 Å². The number of alkyl halides is 1. The Bertz CT molecular complexity index is 524. The Morgan fingerprint density at radius 3 is 2.89 bits per heavy atom. The third kappa shape index (κ3) is 2.93. The zero-order valence-corrected chi connectivity index (χ0v) is 11.3. The molecule has 1 aromatic heterocycles. The van der Waals surface area contributed by atoms with Crippen molar-refractivity contribution in [2.45, 2.75) is 26.3 Å². The van der Waals surface area contributed by atoms with Gasteiger partial charge in [0.25, 0.3) is 0 Å². The van der Waals surface area contributed by atoms with Gasteiger partial charge < -0.3 is 10.3 Å². The molecule has 5 heteroatoms. The maximum absolute atomic E-state index is 13.1. The number of benzene rings is 1. The van der Waals surface area contributed by atoms with Crippen LogP contribution in [0.1, 0.15) is 20.3 Å². The van der Waals surface area contributed by atoms with Crippen LogP contribution in [0.15, 0.2) is 18.2 Å². The Kier molecular flexibility index (Phi) is 4.07. The van der Waals surface area contributed by atoms with Gasteiger partial charge in [0.2, 0.25) is 5.95 Å².